The Balaban J connectivity index is 2.05. The summed E-state index contributed by atoms with van der Waals surface area (Å²) in [7, 11) is 0. The molecule has 0 aromatic carbocycles. The van der Waals surface area contributed by atoms with Crippen LogP contribution in [-0.4, -0.2) is 42.7 Å². The zero-order valence-corrected chi connectivity index (χ0v) is 17.2. The topological polar surface area (TPSA) is 73.4 Å². The first-order chi connectivity index (χ1) is 11.3. The van der Waals surface area contributed by atoms with E-state index >= 15 is 0 Å². The number of rotatable bonds is 13. The Kier molecular flexibility index (Phi) is 10.5. The van der Waals surface area contributed by atoms with Crippen molar-refractivity contribution in [2.45, 2.75) is 65.3 Å². The van der Waals surface area contributed by atoms with E-state index in [9.17, 15) is 9.11 Å². The van der Waals surface area contributed by atoms with E-state index in [1.807, 2.05) is 17.4 Å². The maximum Gasteiger partial charge on any atom is 0.110 e. The predicted octanol–water partition coefficient (Wildman–Crippen LogP) is 2.62. The van der Waals surface area contributed by atoms with Gasteiger partial charge in [-0.3, -0.25) is 5.01 Å². The fourth-order valence-electron chi connectivity index (χ4n) is 2.57. The molecule has 0 fully saturated rings. The second-order valence-corrected chi connectivity index (χ2v) is 10.6. The summed E-state index contributed by atoms with van der Waals surface area (Å²) in [4.78, 5) is 0. The van der Waals surface area contributed by atoms with Crippen LogP contribution in [0.25, 0.3) is 0 Å². The van der Waals surface area contributed by atoms with E-state index in [4.69, 9.17) is 0 Å². The van der Waals surface area contributed by atoms with Gasteiger partial charge in [-0.15, -0.1) is 5.53 Å². The molecule has 141 valence electrons. The smallest absolute Gasteiger partial charge is 0.110 e. The number of hydrogen-bond donors (Lipinski definition) is 2. The molecule has 2 N–H and O–H groups in total. The largest absolute Gasteiger partial charge is 0.616 e. The molecule has 1 radical (unpaired) electrons. The quantitative estimate of drug-likeness (QED) is 0.483. The van der Waals surface area contributed by atoms with E-state index in [1.54, 1.807) is 0 Å². The third kappa shape index (κ3) is 9.42. The minimum Gasteiger partial charge on any atom is -0.616 e. The monoisotopic (exact) mass is 376 g/mol. The zero-order chi connectivity index (χ0) is 18.0. The first kappa shape index (κ1) is 22.0. The molecule has 1 rings (SSSR count). The molecular formula is C17H34N3O2S2. The highest BCUT2D eigenvalue weighted by atomic mass is 32.2. The van der Waals surface area contributed by atoms with Gasteiger partial charge in [0.1, 0.15) is 23.0 Å². The first-order valence-electron chi connectivity index (χ1n) is 8.77. The lowest BCUT2D eigenvalue weighted by Gasteiger charge is -2.34. The van der Waals surface area contributed by atoms with Gasteiger partial charge in [0.05, 0.1) is 5.54 Å². The molecule has 0 aromatic rings. The zero-order valence-electron chi connectivity index (χ0n) is 15.6. The van der Waals surface area contributed by atoms with Crippen LogP contribution in [0.1, 0.15) is 59.8 Å². The highest BCUT2D eigenvalue weighted by Gasteiger charge is 2.26. The molecule has 7 heteroatoms. The Morgan fingerprint density at radius 3 is 2.12 bits per heavy atom. The standard InChI is InChI=1S/C17H34N3O2S2/c1-16(2)8-5-12-23(21)14-7-15-24(22)13-6-9-17(3,4)20-11-10-18-19-20/h10-11,18-19H,5-9,12-15H2,1-4H3. The second-order valence-electron chi connectivity index (χ2n) is 7.22. The first-order valence-corrected chi connectivity index (χ1v) is 11.7. The van der Waals surface area contributed by atoms with E-state index in [2.05, 4.69) is 38.7 Å². The summed E-state index contributed by atoms with van der Waals surface area (Å²) in [6.07, 6.45) is 8.60. The van der Waals surface area contributed by atoms with Gasteiger partial charge in [0.25, 0.3) is 0 Å². The molecule has 1 aliphatic heterocycles. The van der Waals surface area contributed by atoms with Gasteiger partial charge >= 0.3 is 0 Å². The summed E-state index contributed by atoms with van der Waals surface area (Å²) in [5.41, 5.74) is 5.99. The molecule has 2 unspecified atom stereocenters. The molecule has 1 heterocycles. The highest BCUT2D eigenvalue weighted by molar-refractivity contribution is 7.92. The number of nitrogens with zero attached hydrogens (tertiary/aromatic N) is 1. The summed E-state index contributed by atoms with van der Waals surface area (Å²) >= 11 is -1.55. The SMILES string of the molecule is C[C](C)CCC[S+]([O-])CCC[S+]([O-])CCCC(C)(C)N1C=CNN1. The minimum atomic E-state index is -0.797. The van der Waals surface area contributed by atoms with Gasteiger partial charge in [-0.1, -0.05) is 36.2 Å². The van der Waals surface area contributed by atoms with Gasteiger partial charge in [0, 0.05) is 18.8 Å². The van der Waals surface area contributed by atoms with Crippen molar-refractivity contribution in [3.63, 3.8) is 0 Å². The minimum absolute atomic E-state index is 0.0138. The van der Waals surface area contributed by atoms with Crippen molar-refractivity contribution in [2.75, 3.05) is 23.0 Å². The van der Waals surface area contributed by atoms with Gasteiger partial charge in [-0.2, -0.15) is 0 Å². The maximum atomic E-state index is 12.1. The van der Waals surface area contributed by atoms with Crippen LogP contribution < -0.4 is 11.0 Å². The number of hydrazine groups is 2. The molecule has 0 aliphatic carbocycles. The van der Waals surface area contributed by atoms with Crippen LogP contribution in [0.15, 0.2) is 12.4 Å². The molecule has 0 saturated heterocycles. The van der Waals surface area contributed by atoms with Crippen LogP contribution in [-0.2, 0) is 22.4 Å². The molecule has 0 amide bonds. The van der Waals surface area contributed by atoms with Crippen molar-refractivity contribution < 1.29 is 9.11 Å². The van der Waals surface area contributed by atoms with Crippen molar-refractivity contribution in [3.05, 3.63) is 18.3 Å². The van der Waals surface area contributed by atoms with Crippen LogP contribution in [0.4, 0.5) is 0 Å². The van der Waals surface area contributed by atoms with Gasteiger partial charge in [-0.05, 0) is 45.4 Å². The third-order valence-electron chi connectivity index (χ3n) is 4.10. The van der Waals surface area contributed by atoms with Crippen LogP contribution in [0.5, 0.6) is 0 Å². The van der Waals surface area contributed by atoms with Crippen molar-refractivity contribution in [1.29, 1.82) is 0 Å². The molecule has 24 heavy (non-hydrogen) atoms. The van der Waals surface area contributed by atoms with Crippen molar-refractivity contribution in [1.82, 2.24) is 16.0 Å². The Morgan fingerprint density at radius 2 is 1.58 bits per heavy atom. The maximum absolute atomic E-state index is 12.1. The lowest BCUT2D eigenvalue weighted by Crippen LogP contribution is -2.49. The molecule has 0 bridgehead atoms. The Hall–Kier alpha value is -0.0800. The van der Waals surface area contributed by atoms with Crippen molar-refractivity contribution in [3.8, 4) is 0 Å². The summed E-state index contributed by atoms with van der Waals surface area (Å²) < 4.78 is 24.0. The van der Waals surface area contributed by atoms with E-state index < -0.39 is 22.4 Å². The summed E-state index contributed by atoms with van der Waals surface area (Å²) in [5.74, 6) is 4.26. The van der Waals surface area contributed by atoms with Crippen molar-refractivity contribution >= 4 is 22.4 Å². The van der Waals surface area contributed by atoms with Gasteiger partial charge in [0.15, 0.2) is 0 Å². The summed E-state index contributed by atoms with van der Waals surface area (Å²) in [5, 5.41) is 2.04. The fourth-order valence-corrected chi connectivity index (χ4v) is 5.02. The number of hydrogen-bond acceptors (Lipinski definition) is 5. The van der Waals surface area contributed by atoms with Gasteiger partial charge in [-0.25, -0.2) is 0 Å². The van der Waals surface area contributed by atoms with Crippen molar-refractivity contribution in [2.24, 2.45) is 0 Å². The summed E-state index contributed by atoms with van der Waals surface area (Å²) in [6, 6.07) is 0. The molecule has 1 aliphatic rings. The number of nitrogens with one attached hydrogen (secondary N) is 2. The predicted molar refractivity (Wildman–Crippen MR) is 105 cm³/mol. The van der Waals surface area contributed by atoms with Gasteiger partial charge in [0.2, 0.25) is 0 Å². The fraction of sp³-hybridized carbons (Fsp3) is 0.824. The Bertz CT molecular complexity index is 368. The lowest BCUT2D eigenvalue weighted by molar-refractivity contribution is 0.112. The van der Waals surface area contributed by atoms with Crippen LogP contribution in [0.3, 0.4) is 0 Å². The van der Waals surface area contributed by atoms with E-state index in [0.717, 1.165) is 43.6 Å². The van der Waals surface area contributed by atoms with E-state index in [0.29, 0.717) is 11.5 Å². The molecule has 0 spiro atoms. The molecule has 0 saturated carbocycles. The van der Waals surface area contributed by atoms with E-state index in [1.165, 1.54) is 5.92 Å². The summed E-state index contributed by atoms with van der Waals surface area (Å²) in [6.45, 7) is 8.55. The van der Waals surface area contributed by atoms with Crippen LogP contribution in [0.2, 0.25) is 0 Å². The molecule has 5 nitrogen and oxygen atoms in total. The second kappa shape index (κ2) is 11.5. The van der Waals surface area contributed by atoms with Crippen LogP contribution in [0, 0.1) is 5.92 Å². The Labute approximate surface area is 154 Å². The average Bonchev–Trinajstić information content (AvgIpc) is 3.01. The third-order valence-corrected chi connectivity index (χ3v) is 7.07. The average molecular weight is 377 g/mol. The molecular weight excluding hydrogens is 342 g/mol. The normalized spacial score (nSPS) is 17.4. The molecule has 2 atom stereocenters. The Morgan fingerprint density at radius 1 is 1.00 bits per heavy atom. The van der Waals surface area contributed by atoms with Crippen LogP contribution >= 0.6 is 0 Å². The highest BCUT2D eigenvalue weighted by Crippen LogP contribution is 2.20. The lowest BCUT2D eigenvalue weighted by atomic mass is 9.98. The van der Waals surface area contributed by atoms with Gasteiger partial charge < -0.3 is 14.5 Å². The van der Waals surface area contributed by atoms with E-state index in [-0.39, 0.29) is 5.54 Å². The molecule has 0 aromatic heterocycles.